The van der Waals surface area contributed by atoms with Gasteiger partial charge in [0.25, 0.3) is 11.8 Å². The molecular weight excluding hydrogens is 390 g/mol. The third kappa shape index (κ3) is 3.26. The van der Waals surface area contributed by atoms with Crippen LogP contribution in [0.2, 0.25) is 0 Å². The Bertz CT molecular complexity index is 1200. The van der Waals surface area contributed by atoms with Crippen molar-refractivity contribution in [2.24, 2.45) is 4.99 Å². The van der Waals surface area contributed by atoms with Gasteiger partial charge in [0, 0.05) is 17.7 Å². The predicted molar refractivity (Wildman–Crippen MR) is 119 cm³/mol. The third-order valence-corrected chi connectivity index (χ3v) is 5.67. The summed E-state index contributed by atoms with van der Waals surface area (Å²) < 4.78 is 5.31. The summed E-state index contributed by atoms with van der Waals surface area (Å²) in [6, 6.07) is 22.7. The number of carbonyl (C=O) groups is 2. The van der Waals surface area contributed by atoms with E-state index in [1.54, 1.807) is 29.2 Å². The van der Waals surface area contributed by atoms with Crippen LogP contribution >= 0.6 is 0 Å². The van der Waals surface area contributed by atoms with E-state index in [1.807, 2.05) is 48.5 Å². The molecule has 1 N–H and O–H groups in total. The molecule has 0 aliphatic carbocycles. The van der Waals surface area contributed by atoms with Gasteiger partial charge in [-0.05, 0) is 24.1 Å². The molecule has 0 saturated heterocycles. The summed E-state index contributed by atoms with van der Waals surface area (Å²) in [5, 5.41) is 2.82. The summed E-state index contributed by atoms with van der Waals surface area (Å²) in [7, 11) is 1.51. The van der Waals surface area contributed by atoms with Gasteiger partial charge in [0.2, 0.25) is 6.17 Å². The first-order chi connectivity index (χ1) is 15.2. The summed E-state index contributed by atoms with van der Waals surface area (Å²) in [6.45, 7) is 0.573. The van der Waals surface area contributed by atoms with Gasteiger partial charge in [-0.2, -0.15) is 0 Å². The van der Waals surface area contributed by atoms with Gasteiger partial charge in [-0.25, -0.2) is 4.99 Å². The van der Waals surface area contributed by atoms with Crippen LogP contribution in [0, 0.1) is 0 Å². The second kappa shape index (κ2) is 7.72. The Balaban J connectivity index is 1.60. The number of anilines is 1. The van der Waals surface area contributed by atoms with Crippen LogP contribution in [0.3, 0.4) is 0 Å². The molecule has 5 rings (SSSR count). The summed E-state index contributed by atoms with van der Waals surface area (Å²) in [4.78, 5) is 33.0. The Morgan fingerprint density at radius 1 is 1.03 bits per heavy atom. The Hall–Kier alpha value is -3.93. The summed E-state index contributed by atoms with van der Waals surface area (Å²) in [6.07, 6.45) is -0.254. The summed E-state index contributed by atoms with van der Waals surface area (Å²) in [5.74, 6) is -0.196. The Labute approximate surface area is 180 Å². The number of ether oxygens (including phenoxy) is 1. The van der Waals surface area contributed by atoms with Crippen molar-refractivity contribution in [3.63, 3.8) is 0 Å². The number of nitrogens with zero attached hydrogens (tertiary/aromatic N) is 2. The van der Waals surface area contributed by atoms with Crippen LogP contribution in [0.5, 0.6) is 5.75 Å². The molecule has 2 heterocycles. The zero-order chi connectivity index (χ0) is 21.4. The lowest BCUT2D eigenvalue weighted by Gasteiger charge is -2.21. The fourth-order valence-corrected chi connectivity index (χ4v) is 4.22. The highest BCUT2D eigenvalue weighted by Crippen LogP contribution is 2.36. The van der Waals surface area contributed by atoms with E-state index in [4.69, 9.17) is 9.73 Å². The SMILES string of the molecule is COc1ccccc1C(=O)N[C@@H]1N=C(c2ccccc2)c2cccc3c2N(CC3)C1=O. The Morgan fingerprint density at radius 3 is 2.61 bits per heavy atom. The number of aliphatic imine (C=N–C) groups is 1. The predicted octanol–water partition coefficient (Wildman–Crippen LogP) is 3.19. The normalized spacial score (nSPS) is 16.9. The topological polar surface area (TPSA) is 71.0 Å². The van der Waals surface area contributed by atoms with E-state index in [-0.39, 0.29) is 5.91 Å². The van der Waals surface area contributed by atoms with E-state index in [0.717, 1.165) is 28.8 Å². The molecule has 0 bridgehead atoms. The molecule has 1 atom stereocenters. The first kappa shape index (κ1) is 19.1. The zero-order valence-corrected chi connectivity index (χ0v) is 17.0. The molecule has 6 nitrogen and oxygen atoms in total. The molecule has 0 aromatic heterocycles. The lowest BCUT2D eigenvalue weighted by molar-refractivity contribution is -0.120. The van der Waals surface area contributed by atoms with E-state index >= 15 is 0 Å². The number of hydrogen-bond donors (Lipinski definition) is 1. The monoisotopic (exact) mass is 411 g/mol. The van der Waals surface area contributed by atoms with Gasteiger partial charge >= 0.3 is 0 Å². The van der Waals surface area contributed by atoms with Crippen LogP contribution in [-0.2, 0) is 11.2 Å². The Morgan fingerprint density at radius 2 is 1.81 bits per heavy atom. The highest BCUT2D eigenvalue weighted by molar-refractivity contribution is 6.21. The average Bonchev–Trinajstić information content (AvgIpc) is 3.21. The molecule has 0 saturated carbocycles. The maximum atomic E-state index is 13.4. The van der Waals surface area contributed by atoms with Crippen LogP contribution in [0.25, 0.3) is 0 Å². The number of rotatable bonds is 4. The maximum Gasteiger partial charge on any atom is 0.272 e. The van der Waals surface area contributed by atoms with Crippen molar-refractivity contribution < 1.29 is 14.3 Å². The second-order valence-electron chi connectivity index (χ2n) is 7.47. The van der Waals surface area contributed by atoms with Crippen LogP contribution in [0.15, 0.2) is 77.8 Å². The quantitative estimate of drug-likeness (QED) is 0.717. The van der Waals surface area contributed by atoms with Gasteiger partial charge in [-0.1, -0.05) is 60.7 Å². The summed E-state index contributed by atoms with van der Waals surface area (Å²) in [5.41, 5.74) is 4.87. The minimum atomic E-state index is -1.04. The molecule has 0 radical (unpaired) electrons. The van der Waals surface area contributed by atoms with Crippen molar-refractivity contribution in [2.45, 2.75) is 12.6 Å². The summed E-state index contributed by atoms with van der Waals surface area (Å²) >= 11 is 0. The first-order valence-electron chi connectivity index (χ1n) is 10.2. The molecular formula is C25H21N3O3. The molecule has 2 amide bonds. The van der Waals surface area contributed by atoms with Gasteiger partial charge < -0.3 is 15.0 Å². The van der Waals surface area contributed by atoms with E-state index in [0.29, 0.717) is 23.6 Å². The molecule has 6 heteroatoms. The molecule has 2 aliphatic rings. The van der Waals surface area contributed by atoms with Crippen LogP contribution in [0.4, 0.5) is 5.69 Å². The molecule has 0 unspecified atom stereocenters. The fraction of sp³-hybridized carbons (Fsp3) is 0.160. The van der Waals surface area contributed by atoms with Crippen molar-refractivity contribution in [1.82, 2.24) is 5.32 Å². The zero-order valence-electron chi connectivity index (χ0n) is 17.0. The van der Waals surface area contributed by atoms with Crippen molar-refractivity contribution in [2.75, 3.05) is 18.6 Å². The fourth-order valence-electron chi connectivity index (χ4n) is 4.22. The highest BCUT2D eigenvalue weighted by atomic mass is 16.5. The van der Waals surface area contributed by atoms with Gasteiger partial charge in [-0.15, -0.1) is 0 Å². The van der Waals surface area contributed by atoms with E-state index < -0.39 is 12.1 Å². The molecule has 154 valence electrons. The van der Waals surface area contributed by atoms with E-state index in [1.165, 1.54) is 7.11 Å². The number of benzene rings is 3. The first-order valence-corrected chi connectivity index (χ1v) is 10.2. The minimum absolute atomic E-state index is 0.236. The van der Waals surface area contributed by atoms with Crippen molar-refractivity contribution in [3.8, 4) is 5.75 Å². The molecule has 31 heavy (non-hydrogen) atoms. The van der Waals surface area contributed by atoms with Crippen LogP contribution in [0.1, 0.15) is 27.0 Å². The van der Waals surface area contributed by atoms with Gasteiger partial charge in [0.1, 0.15) is 5.75 Å². The van der Waals surface area contributed by atoms with E-state index in [9.17, 15) is 9.59 Å². The highest BCUT2D eigenvalue weighted by Gasteiger charge is 2.37. The van der Waals surface area contributed by atoms with Crippen molar-refractivity contribution in [3.05, 3.63) is 95.1 Å². The molecule has 3 aromatic carbocycles. The smallest absolute Gasteiger partial charge is 0.272 e. The Kier molecular flexibility index (Phi) is 4.75. The second-order valence-corrected chi connectivity index (χ2v) is 7.47. The average molecular weight is 411 g/mol. The van der Waals surface area contributed by atoms with Gasteiger partial charge in [0.15, 0.2) is 0 Å². The van der Waals surface area contributed by atoms with Gasteiger partial charge in [0.05, 0.1) is 24.1 Å². The van der Waals surface area contributed by atoms with Crippen molar-refractivity contribution in [1.29, 1.82) is 0 Å². The number of nitrogens with one attached hydrogen (secondary N) is 1. The maximum absolute atomic E-state index is 13.4. The minimum Gasteiger partial charge on any atom is -0.496 e. The lowest BCUT2D eigenvalue weighted by Crippen LogP contribution is -2.47. The number of amides is 2. The standard InChI is InChI=1S/C25H21N3O3/c1-31-20-13-6-5-11-18(20)24(29)27-23-25(30)28-15-14-17-10-7-12-19(22(17)28)21(26-23)16-8-3-2-4-9-16/h2-13,23H,14-15H2,1H3,(H,27,29)/t23-/m0/s1. The third-order valence-electron chi connectivity index (χ3n) is 5.67. The number of para-hydroxylation sites is 2. The molecule has 3 aromatic rings. The molecule has 2 aliphatic heterocycles. The molecule has 0 spiro atoms. The van der Waals surface area contributed by atoms with Crippen LogP contribution in [-0.4, -0.2) is 37.3 Å². The number of hydrogen-bond acceptors (Lipinski definition) is 4. The number of carbonyl (C=O) groups excluding carboxylic acids is 2. The largest absolute Gasteiger partial charge is 0.496 e. The molecule has 0 fully saturated rings. The van der Waals surface area contributed by atoms with Crippen LogP contribution < -0.4 is 15.0 Å². The van der Waals surface area contributed by atoms with Gasteiger partial charge in [-0.3, -0.25) is 9.59 Å². The van der Waals surface area contributed by atoms with E-state index in [2.05, 4.69) is 5.32 Å². The number of methoxy groups -OCH3 is 1. The van der Waals surface area contributed by atoms with Crippen molar-refractivity contribution >= 4 is 23.2 Å². The lowest BCUT2D eigenvalue weighted by atomic mass is 9.98.